The van der Waals surface area contributed by atoms with E-state index < -0.39 is 8.07 Å². The van der Waals surface area contributed by atoms with E-state index in [1.807, 2.05) is 0 Å². The molecule has 0 unspecified atom stereocenters. The molecule has 0 aromatic carbocycles. The first-order valence-corrected chi connectivity index (χ1v) is 9.80. The molecule has 0 aromatic rings. The zero-order chi connectivity index (χ0) is 13.5. The average molecular weight is 387 g/mol. The first kappa shape index (κ1) is 20.7. The van der Waals surface area contributed by atoms with Gasteiger partial charge in [0.25, 0.3) is 0 Å². The maximum Gasteiger partial charge on any atom is 0.305 e. The highest BCUT2D eigenvalue weighted by Crippen LogP contribution is 2.15. The maximum absolute atomic E-state index is 11.6. The van der Waals surface area contributed by atoms with Gasteiger partial charge in [0.2, 0.25) is 0 Å². The summed E-state index contributed by atoms with van der Waals surface area (Å²) in [6, 6.07) is 2.38. The molecule has 18 heavy (non-hydrogen) atoms. The molecule has 0 aliphatic heterocycles. The summed E-state index contributed by atoms with van der Waals surface area (Å²) >= 11 is 0. The van der Waals surface area contributed by atoms with Crippen LogP contribution in [0.3, 0.4) is 0 Å². The lowest BCUT2D eigenvalue weighted by Crippen LogP contribution is -3.00. The van der Waals surface area contributed by atoms with E-state index >= 15 is 0 Å². The molecule has 0 heterocycles. The first-order valence-electron chi connectivity index (χ1n) is 6.68. The monoisotopic (exact) mass is 387 g/mol. The van der Waals surface area contributed by atoms with Crippen molar-refractivity contribution < 1.29 is 38.0 Å². The number of hydrogen-bond acceptors (Lipinski definition) is 2. The molecule has 0 aliphatic carbocycles. The van der Waals surface area contributed by atoms with Crippen molar-refractivity contribution in [1.29, 1.82) is 0 Å². The van der Waals surface area contributed by atoms with Gasteiger partial charge in [-0.15, -0.1) is 0 Å². The topological polar surface area (TPSA) is 26.3 Å². The summed E-state index contributed by atoms with van der Waals surface area (Å²) in [5.74, 6) is -0.0147. The van der Waals surface area contributed by atoms with E-state index in [4.69, 9.17) is 4.74 Å². The van der Waals surface area contributed by atoms with E-state index in [1.54, 1.807) is 0 Å². The van der Waals surface area contributed by atoms with Crippen molar-refractivity contribution in [2.24, 2.45) is 0 Å². The quantitative estimate of drug-likeness (QED) is 0.247. The molecular formula is C13H30INO2Si. The number of hydrogen-bond donors (Lipinski definition) is 0. The molecule has 0 aliphatic rings. The second-order valence-electron chi connectivity index (χ2n) is 6.30. The van der Waals surface area contributed by atoms with Crippen LogP contribution in [0.4, 0.5) is 0 Å². The maximum atomic E-state index is 11.6. The Morgan fingerprint density at radius 3 is 2.06 bits per heavy atom. The van der Waals surface area contributed by atoms with Gasteiger partial charge in [0.15, 0.2) is 0 Å². The van der Waals surface area contributed by atoms with Crippen LogP contribution in [0.1, 0.15) is 26.7 Å². The summed E-state index contributed by atoms with van der Waals surface area (Å²) in [6.45, 7) is 7.75. The standard InChI is InChI=1S/C13H30NO2Si.HI/c1-7-17(6,8-2)12-16-13(15)10-9-11-14(3,4)5;/h7-12H2,1-6H3;1H/q+1;/p-1. The molecule has 0 N–H and O–H groups in total. The van der Waals surface area contributed by atoms with Crippen molar-refractivity contribution in [3.63, 3.8) is 0 Å². The van der Waals surface area contributed by atoms with Gasteiger partial charge in [-0.3, -0.25) is 4.79 Å². The van der Waals surface area contributed by atoms with Crippen LogP contribution in [-0.2, 0) is 9.53 Å². The zero-order valence-corrected chi connectivity index (χ0v) is 16.0. The van der Waals surface area contributed by atoms with Crippen LogP contribution in [0.2, 0.25) is 18.6 Å². The molecule has 0 saturated heterocycles. The lowest BCUT2D eigenvalue weighted by atomic mass is 10.3. The molecule has 0 rings (SSSR count). The molecule has 0 atom stereocenters. The van der Waals surface area contributed by atoms with Gasteiger partial charge in [-0.1, -0.05) is 32.5 Å². The lowest BCUT2D eigenvalue weighted by molar-refractivity contribution is -0.870. The minimum absolute atomic E-state index is 0. The average Bonchev–Trinajstić information content (AvgIpc) is 2.24. The van der Waals surface area contributed by atoms with Gasteiger partial charge in [0, 0.05) is 6.42 Å². The van der Waals surface area contributed by atoms with Crippen LogP contribution < -0.4 is 24.0 Å². The molecular weight excluding hydrogens is 357 g/mol. The van der Waals surface area contributed by atoms with Crippen LogP contribution in [0.25, 0.3) is 0 Å². The zero-order valence-electron chi connectivity index (χ0n) is 12.9. The fourth-order valence-corrected chi connectivity index (χ4v) is 2.90. The highest BCUT2D eigenvalue weighted by Gasteiger charge is 2.24. The van der Waals surface area contributed by atoms with Gasteiger partial charge >= 0.3 is 5.97 Å². The van der Waals surface area contributed by atoms with E-state index in [0.717, 1.165) is 17.4 Å². The summed E-state index contributed by atoms with van der Waals surface area (Å²) in [5.41, 5.74) is 0. The SMILES string of the molecule is CC[Si](C)(CC)COC(=O)CCC[N+](C)(C)C.[I-]. The summed E-state index contributed by atoms with van der Waals surface area (Å²) in [7, 11) is 5.14. The predicted molar refractivity (Wildman–Crippen MR) is 75.7 cm³/mol. The second kappa shape index (κ2) is 9.31. The van der Waals surface area contributed by atoms with Crippen molar-refractivity contribution in [2.45, 2.75) is 45.3 Å². The molecule has 0 radical (unpaired) electrons. The van der Waals surface area contributed by atoms with Gasteiger partial charge in [-0.25, -0.2) is 0 Å². The number of rotatable bonds is 8. The van der Waals surface area contributed by atoms with Gasteiger partial charge in [-0.05, 0) is 0 Å². The lowest BCUT2D eigenvalue weighted by Gasteiger charge is -2.24. The fraction of sp³-hybridized carbons (Fsp3) is 0.923. The Morgan fingerprint density at radius 1 is 1.17 bits per heavy atom. The van der Waals surface area contributed by atoms with Crippen LogP contribution >= 0.6 is 0 Å². The predicted octanol–water partition coefficient (Wildman–Crippen LogP) is -0.322. The number of carbonyl (C=O) groups is 1. The van der Waals surface area contributed by atoms with E-state index in [2.05, 4.69) is 41.5 Å². The van der Waals surface area contributed by atoms with E-state index in [9.17, 15) is 4.79 Å². The molecule has 5 heteroatoms. The minimum Gasteiger partial charge on any atom is -1.00 e. The van der Waals surface area contributed by atoms with Crippen molar-refractivity contribution >= 4 is 14.0 Å². The van der Waals surface area contributed by atoms with Gasteiger partial charge in [0.1, 0.15) is 0 Å². The van der Waals surface area contributed by atoms with Gasteiger partial charge in [0.05, 0.1) is 48.4 Å². The minimum atomic E-state index is -1.28. The van der Waals surface area contributed by atoms with E-state index in [-0.39, 0.29) is 29.9 Å². The molecule has 0 fully saturated rings. The number of esters is 1. The molecule has 0 saturated carbocycles. The molecule has 3 nitrogen and oxygen atoms in total. The van der Waals surface area contributed by atoms with E-state index in [0.29, 0.717) is 12.7 Å². The Morgan fingerprint density at radius 2 is 1.67 bits per heavy atom. The summed E-state index contributed by atoms with van der Waals surface area (Å²) in [6.07, 6.45) is 2.18. The van der Waals surface area contributed by atoms with Crippen LogP contribution in [0, 0.1) is 0 Å². The Kier molecular flexibility index (Phi) is 10.7. The first-order chi connectivity index (χ1) is 7.72. The number of halogens is 1. The molecule has 0 spiro atoms. The van der Waals surface area contributed by atoms with Crippen LogP contribution in [0.5, 0.6) is 0 Å². The molecule has 0 amide bonds. The fourth-order valence-electron chi connectivity index (χ4n) is 1.48. The van der Waals surface area contributed by atoms with Crippen molar-refractivity contribution in [3.8, 4) is 0 Å². The summed E-state index contributed by atoms with van der Waals surface area (Å²) < 4.78 is 6.33. The molecule has 0 aromatic heterocycles. The third-order valence-electron chi connectivity index (χ3n) is 3.50. The molecule has 0 bridgehead atoms. The van der Waals surface area contributed by atoms with Crippen molar-refractivity contribution in [3.05, 3.63) is 0 Å². The number of nitrogens with zero attached hydrogens (tertiary/aromatic N) is 1. The van der Waals surface area contributed by atoms with Crippen molar-refractivity contribution in [2.75, 3.05) is 33.9 Å². The normalized spacial score (nSPS) is 11.9. The largest absolute Gasteiger partial charge is 1.00 e. The van der Waals surface area contributed by atoms with Gasteiger partial charge < -0.3 is 33.2 Å². The smallest absolute Gasteiger partial charge is 0.305 e. The van der Waals surface area contributed by atoms with Crippen LogP contribution in [-0.4, -0.2) is 52.4 Å². The Labute approximate surface area is 131 Å². The summed E-state index contributed by atoms with van der Waals surface area (Å²) in [5, 5.41) is 0. The Balaban J connectivity index is 0. The third-order valence-corrected chi connectivity index (χ3v) is 7.75. The number of quaternary nitrogens is 1. The Hall–Kier alpha value is 0.377. The summed E-state index contributed by atoms with van der Waals surface area (Å²) in [4.78, 5) is 11.6. The molecule has 110 valence electrons. The van der Waals surface area contributed by atoms with E-state index in [1.165, 1.54) is 12.1 Å². The van der Waals surface area contributed by atoms with Crippen LogP contribution in [0.15, 0.2) is 0 Å². The highest BCUT2D eigenvalue weighted by atomic mass is 127. The van der Waals surface area contributed by atoms with Crippen molar-refractivity contribution in [1.82, 2.24) is 0 Å². The third kappa shape index (κ3) is 10.3. The second-order valence-corrected chi connectivity index (χ2v) is 11.6. The Bertz CT molecular complexity index is 238. The highest BCUT2D eigenvalue weighted by molar-refractivity contribution is 6.78. The number of ether oxygens (including phenoxy) is 1. The van der Waals surface area contributed by atoms with Gasteiger partial charge in [-0.2, -0.15) is 0 Å². The number of carbonyl (C=O) groups excluding carboxylic acids is 1.